The fraction of sp³-hybridized carbons (Fsp3) is 0.208. The smallest absolute Gasteiger partial charge is 0.293 e. The second kappa shape index (κ2) is 8.85. The Labute approximate surface area is 199 Å². The molecular weight excluding hydrogens is 492 g/mol. The van der Waals surface area contributed by atoms with Gasteiger partial charge in [0, 0.05) is 5.56 Å². The van der Waals surface area contributed by atoms with Crippen LogP contribution in [0.15, 0.2) is 60.7 Å². The van der Waals surface area contributed by atoms with Crippen molar-refractivity contribution in [3.05, 3.63) is 88.6 Å². The quantitative estimate of drug-likeness (QED) is 0.216. The average molecular weight is 507 g/mol. The lowest BCUT2D eigenvalue weighted by Gasteiger charge is -2.26. The van der Waals surface area contributed by atoms with E-state index in [4.69, 9.17) is 0 Å². The molecule has 1 saturated heterocycles. The van der Waals surface area contributed by atoms with E-state index in [0.717, 1.165) is 41.3 Å². The number of amides is 1. The van der Waals surface area contributed by atoms with Crippen LogP contribution in [0.3, 0.4) is 0 Å². The summed E-state index contributed by atoms with van der Waals surface area (Å²) in [4.78, 5) is 40.1. The summed E-state index contributed by atoms with van der Waals surface area (Å²) in [5.41, 5.74) is -1.80. The normalized spacial score (nSPS) is 18.6. The Hall–Kier alpha value is -4.09. The summed E-state index contributed by atoms with van der Waals surface area (Å²) in [7, 11) is 0. The first-order valence-electron chi connectivity index (χ1n) is 10.4. The number of ketones is 2. The first-order chi connectivity index (χ1) is 16.8. The number of anilines is 1. The Bertz CT molecular complexity index is 1320. The minimum Gasteiger partial charge on any atom is -0.293 e. The molecule has 0 bridgehead atoms. The lowest BCUT2D eigenvalue weighted by molar-refractivity contribution is -0.138. The SMILES string of the molecule is Cc1ccc(N2C(=O)C(=O)C(C(=O)c3ccc(C(F)(F)F)cc3)C2c2ccc(C(F)(F)F)cc2)nn1. The van der Waals surface area contributed by atoms with Crippen LogP contribution in [0.2, 0.25) is 0 Å². The summed E-state index contributed by atoms with van der Waals surface area (Å²) in [6, 6.07) is 8.03. The highest BCUT2D eigenvalue weighted by Crippen LogP contribution is 2.41. The minimum atomic E-state index is -4.66. The number of aromatic nitrogens is 2. The van der Waals surface area contributed by atoms with Crippen LogP contribution in [0.25, 0.3) is 0 Å². The monoisotopic (exact) mass is 507 g/mol. The van der Waals surface area contributed by atoms with Crippen molar-refractivity contribution in [2.45, 2.75) is 25.3 Å². The Kier molecular flexibility index (Phi) is 6.15. The molecule has 2 unspecified atom stereocenters. The largest absolute Gasteiger partial charge is 0.416 e. The Morgan fingerprint density at radius 1 is 0.778 bits per heavy atom. The standard InChI is InChI=1S/C24H15F6N3O3/c1-12-2-11-17(32-31-12)33-19(13-3-7-15(8-4-13)23(25,26)27)18(21(35)22(33)36)20(34)14-5-9-16(10-6-14)24(28,29)30/h2-11,18-19H,1H3. The van der Waals surface area contributed by atoms with Gasteiger partial charge < -0.3 is 0 Å². The molecule has 4 rings (SSSR count). The Balaban J connectivity index is 1.81. The van der Waals surface area contributed by atoms with E-state index in [0.29, 0.717) is 17.8 Å². The highest BCUT2D eigenvalue weighted by atomic mass is 19.4. The molecule has 3 aromatic rings. The van der Waals surface area contributed by atoms with Crippen LogP contribution in [0, 0.1) is 12.8 Å². The molecule has 186 valence electrons. The van der Waals surface area contributed by atoms with E-state index < -0.39 is 52.9 Å². The molecule has 2 atom stereocenters. The Morgan fingerprint density at radius 2 is 1.31 bits per heavy atom. The predicted molar refractivity (Wildman–Crippen MR) is 113 cm³/mol. The van der Waals surface area contributed by atoms with Gasteiger partial charge in [0.05, 0.1) is 22.9 Å². The van der Waals surface area contributed by atoms with E-state index in [1.807, 2.05) is 0 Å². The van der Waals surface area contributed by atoms with Crippen molar-refractivity contribution in [1.82, 2.24) is 10.2 Å². The van der Waals surface area contributed by atoms with Gasteiger partial charge in [-0.05, 0) is 48.9 Å². The number of hydrogen-bond acceptors (Lipinski definition) is 5. The summed E-state index contributed by atoms with van der Waals surface area (Å²) in [5, 5.41) is 7.69. The first kappa shape index (κ1) is 25.0. The molecule has 1 amide bonds. The van der Waals surface area contributed by atoms with Crippen LogP contribution in [0.1, 0.15) is 38.8 Å². The number of Topliss-reactive ketones (excluding diaryl/α,β-unsaturated/α-hetero) is 2. The van der Waals surface area contributed by atoms with Gasteiger partial charge in [-0.2, -0.15) is 31.4 Å². The molecule has 0 spiro atoms. The zero-order valence-corrected chi connectivity index (χ0v) is 18.3. The van der Waals surface area contributed by atoms with Crippen molar-refractivity contribution in [2.75, 3.05) is 4.90 Å². The van der Waals surface area contributed by atoms with Crippen molar-refractivity contribution >= 4 is 23.3 Å². The second-order valence-corrected chi connectivity index (χ2v) is 8.05. The van der Waals surface area contributed by atoms with Crippen LogP contribution in [0.5, 0.6) is 0 Å². The molecule has 12 heteroatoms. The minimum absolute atomic E-state index is 0.0230. The molecule has 6 nitrogen and oxygen atoms in total. The lowest BCUT2D eigenvalue weighted by atomic mass is 9.86. The zero-order chi connectivity index (χ0) is 26.4. The molecule has 0 aliphatic carbocycles. The van der Waals surface area contributed by atoms with Gasteiger partial charge in [-0.25, -0.2) is 0 Å². The van der Waals surface area contributed by atoms with Gasteiger partial charge in [0.1, 0.15) is 5.92 Å². The van der Waals surface area contributed by atoms with Gasteiger partial charge >= 0.3 is 12.4 Å². The molecule has 0 N–H and O–H groups in total. The Morgan fingerprint density at radius 3 is 1.78 bits per heavy atom. The fourth-order valence-corrected chi connectivity index (χ4v) is 3.91. The van der Waals surface area contributed by atoms with Gasteiger partial charge in [-0.15, -0.1) is 5.10 Å². The average Bonchev–Trinajstić information content (AvgIpc) is 3.09. The molecule has 1 aromatic heterocycles. The number of alkyl halides is 6. The highest BCUT2D eigenvalue weighted by molar-refractivity contribution is 6.48. The maximum atomic E-state index is 13.3. The number of nitrogens with zero attached hydrogens (tertiary/aromatic N) is 3. The van der Waals surface area contributed by atoms with E-state index in [1.165, 1.54) is 12.1 Å². The van der Waals surface area contributed by atoms with E-state index in [1.54, 1.807) is 6.92 Å². The topological polar surface area (TPSA) is 80.2 Å². The van der Waals surface area contributed by atoms with Crippen molar-refractivity contribution in [2.24, 2.45) is 5.92 Å². The van der Waals surface area contributed by atoms with Gasteiger partial charge in [-0.1, -0.05) is 24.3 Å². The molecule has 1 fully saturated rings. The molecule has 2 heterocycles. The number of aryl methyl sites for hydroxylation is 1. The maximum absolute atomic E-state index is 13.3. The van der Waals surface area contributed by atoms with Crippen LogP contribution in [-0.2, 0) is 21.9 Å². The third-order valence-electron chi connectivity index (χ3n) is 5.70. The molecule has 0 radical (unpaired) electrons. The van der Waals surface area contributed by atoms with Gasteiger partial charge in [0.2, 0.25) is 5.78 Å². The van der Waals surface area contributed by atoms with Crippen LogP contribution < -0.4 is 4.90 Å². The number of benzene rings is 2. The summed E-state index contributed by atoms with van der Waals surface area (Å²) in [6.07, 6.45) is -9.32. The molecule has 1 aliphatic heterocycles. The third kappa shape index (κ3) is 4.58. The molecule has 1 aliphatic rings. The second-order valence-electron chi connectivity index (χ2n) is 8.05. The molecule has 36 heavy (non-hydrogen) atoms. The molecular formula is C24H15F6N3O3. The number of hydrogen-bond donors (Lipinski definition) is 0. The van der Waals surface area contributed by atoms with Crippen LogP contribution in [-0.4, -0.2) is 27.7 Å². The van der Waals surface area contributed by atoms with E-state index >= 15 is 0 Å². The van der Waals surface area contributed by atoms with Crippen LogP contribution in [0.4, 0.5) is 32.2 Å². The highest BCUT2D eigenvalue weighted by Gasteiger charge is 2.53. The van der Waals surface area contributed by atoms with Crippen molar-refractivity contribution < 1.29 is 40.7 Å². The van der Waals surface area contributed by atoms with Gasteiger partial charge in [-0.3, -0.25) is 19.3 Å². The van der Waals surface area contributed by atoms with E-state index in [9.17, 15) is 40.7 Å². The van der Waals surface area contributed by atoms with Crippen LogP contribution >= 0.6 is 0 Å². The molecule has 0 saturated carbocycles. The van der Waals surface area contributed by atoms with Gasteiger partial charge in [0.15, 0.2) is 11.6 Å². The lowest BCUT2D eigenvalue weighted by Crippen LogP contribution is -2.31. The summed E-state index contributed by atoms with van der Waals surface area (Å²) < 4.78 is 78.0. The van der Waals surface area contributed by atoms with E-state index in [2.05, 4.69) is 10.2 Å². The number of carbonyl (C=O) groups excluding carboxylic acids is 3. The molecule has 2 aromatic carbocycles. The first-order valence-corrected chi connectivity index (χ1v) is 10.4. The summed E-state index contributed by atoms with van der Waals surface area (Å²) in [5.74, 6) is -5.15. The fourth-order valence-electron chi connectivity index (χ4n) is 3.91. The van der Waals surface area contributed by atoms with Crippen molar-refractivity contribution in [3.8, 4) is 0 Å². The zero-order valence-electron chi connectivity index (χ0n) is 18.3. The maximum Gasteiger partial charge on any atom is 0.416 e. The predicted octanol–water partition coefficient (Wildman–Crippen LogP) is 4.98. The number of rotatable bonds is 4. The van der Waals surface area contributed by atoms with Gasteiger partial charge in [0.25, 0.3) is 5.91 Å². The number of halogens is 6. The van der Waals surface area contributed by atoms with Crippen molar-refractivity contribution in [3.63, 3.8) is 0 Å². The van der Waals surface area contributed by atoms with E-state index in [-0.39, 0.29) is 16.9 Å². The third-order valence-corrected chi connectivity index (χ3v) is 5.70. The number of carbonyl (C=O) groups is 3. The van der Waals surface area contributed by atoms with Crippen molar-refractivity contribution in [1.29, 1.82) is 0 Å². The summed E-state index contributed by atoms with van der Waals surface area (Å²) >= 11 is 0. The summed E-state index contributed by atoms with van der Waals surface area (Å²) in [6.45, 7) is 1.61.